The lowest BCUT2D eigenvalue weighted by molar-refractivity contribution is 0.0205. The van der Waals surface area contributed by atoms with Crippen LogP contribution in [0, 0.1) is 0 Å². The maximum absolute atomic E-state index is 12.1. The van der Waals surface area contributed by atoms with Gasteiger partial charge >= 0.3 is 12.2 Å². The smallest absolute Gasteiger partial charge is 0.493 e. The van der Waals surface area contributed by atoms with Gasteiger partial charge in [-0.3, -0.25) is 0 Å². The van der Waals surface area contributed by atoms with E-state index in [4.69, 9.17) is 30.5 Å². The molecule has 0 aliphatic carbocycles. The Labute approximate surface area is 176 Å². The van der Waals surface area contributed by atoms with Crippen molar-refractivity contribution in [3.63, 3.8) is 0 Å². The van der Waals surface area contributed by atoms with Crippen molar-refractivity contribution in [3.05, 3.63) is 23.8 Å². The minimum atomic E-state index is -0.870. The van der Waals surface area contributed by atoms with E-state index in [1.165, 1.54) is 12.3 Å². The molecule has 0 fully saturated rings. The van der Waals surface area contributed by atoms with Crippen LogP contribution in [0.4, 0.5) is 9.59 Å². The Morgan fingerprint density at radius 2 is 1.76 bits per heavy atom. The molecule has 1 amide bonds. The van der Waals surface area contributed by atoms with E-state index in [1.807, 2.05) is 0 Å². The molecule has 0 aliphatic heterocycles. The summed E-state index contributed by atoms with van der Waals surface area (Å²) in [6.07, 6.45) is 0.425. The first-order valence-corrected chi connectivity index (χ1v) is 9.69. The summed E-state index contributed by atoms with van der Waals surface area (Å²) in [5.74, 6) is 1.13. The highest BCUT2D eigenvalue weighted by Gasteiger charge is 2.20. The molecule has 1 rings (SSSR count). The number of alkyl halides is 1. The molecular formula is C20H29ClN2O6. The lowest BCUT2D eigenvalue weighted by Crippen LogP contribution is -2.29. The Hall–Kier alpha value is -2.48. The summed E-state index contributed by atoms with van der Waals surface area (Å²) in [6.45, 7) is 10.8. The zero-order valence-corrected chi connectivity index (χ0v) is 18.5. The predicted octanol–water partition coefficient (Wildman–Crippen LogP) is 4.87. The Balaban J connectivity index is 2.94. The van der Waals surface area contributed by atoms with Gasteiger partial charge in [0, 0.05) is 17.5 Å². The monoisotopic (exact) mass is 428 g/mol. The fraction of sp³-hybridized carbons (Fsp3) is 0.550. The summed E-state index contributed by atoms with van der Waals surface area (Å²) >= 11 is 5.65. The SMILES string of the molecule is CC(C)(C)OC(=O)N/N=C\c1ccc(OCCCCl)cc1OC(=O)OC(C)(C)C. The summed E-state index contributed by atoms with van der Waals surface area (Å²) in [5.41, 5.74) is 1.32. The Morgan fingerprint density at radius 3 is 2.34 bits per heavy atom. The first-order chi connectivity index (χ1) is 13.4. The van der Waals surface area contributed by atoms with Gasteiger partial charge in [-0.05, 0) is 60.1 Å². The van der Waals surface area contributed by atoms with Crippen LogP contribution in [-0.2, 0) is 9.47 Å². The average molecular weight is 429 g/mol. The van der Waals surface area contributed by atoms with Gasteiger partial charge in [0.05, 0.1) is 12.8 Å². The Morgan fingerprint density at radius 1 is 1.10 bits per heavy atom. The van der Waals surface area contributed by atoms with Gasteiger partial charge in [-0.2, -0.15) is 5.10 Å². The molecule has 1 aromatic carbocycles. The van der Waals surface area contributed by atoms with Crippen molar-refractivity contribution in [1.82, 2.24) is 5.43 Å². The third-order valence-electron chi connectivity index (χ3n) is 2.87. The number of carbonyl (C=O) groups is 2. The summed E-state index contributed by atoms with van der Waals surface area (Å²) in [6, 6.07) is 4.86. The molecule has 0 aromatic heterocycles. The molecule has 9 heteroatoms. The Kier molecular flexibility index (Phi) is 9.23. The number of hydrogen-bond acceptors (Lipinski definition) is 7. The number of ether oxygens (including phenoxy) is 4. The van der Waals surface area contributed by atoms with E-state index in [9.17, 15) is 9.59 Å². The standard InChI is InChI=1S/C20H29ClN2O6/c1-19(2,3)28-17(24)23-22-13-14-8-9-15(26-11-7-10-21)12-16(14)27-18(25)29-20(4,5)6/h8-9,12-13H,7,10-11H2,1-6H3,(H,23,24)/b22-13-. The first-order valence-electron chi connectivity index (χ1n) is 9.15. The van der Waals surface area contributed by atoms with Crippen LogP contribution in [0.5, 0.6) is 11.5 Å². The van der Waals surface area contributed by atoms with Crippen LogP contribution in [0.1, 0.15) is 53.5 Å². The number of carbonyl (C=O) groups excluding carboxylic acids is 2. The van der Waals surface area contributed by atoms with Crippen LogP contribution in [0.15, 0.2) is 23.3 Å². The van der Waals surface area contributed by atoms with E-state index in [1.54, 1.807) is 53.7 Å². The van der Waals surface area contributed by atoms with Crippen LogP contribution in [0.3, 0.4) is 0 Å². The molecule has 1 aromatic rings. The van der Waals surface area contributed by atoms with Crippen molar-refractivity contribution < 1.29 is 28.5 Å². The number of amides is 1. The van der Waals surface area contributed by atoms with E-state index >= 15 is 0 Å². The zero-order valence-electron chi connectivity index (χ0n) is 17.7. The first kappa shape index (κ1) is 24.6. The summed E-state index contributed by atoms with van der Waals surface area (Å²) in [5, 5.41) is 3.83. The third-order valence-corrected chi connectivity index (χ3v) is 3.14. The second kappa shape index (κ2) is 10.9. The minimum Gasteiger partial charge on any atom is -0.493 e. The van der Waals surface area contributed by atoms with Gasteiger partial charge in [0.1, 0.15) is 22.7 Å². The van der Waals surface area contributed by atoms with Gasteiger partial charge < -0.3 is 18.9 Å². The molecule has 162 valence electrons. The maximum atomic E-state index is 12.1. The van der Waals surface area contributed by atoms with Gasteiger partial charge in [-0.25, -0.2) is 15.0 Å². The molecule has 0 unspecified atom stereocenters. The van der Waals surface area contributed by atoms with E-state index in [-0.39, 0.29) is 5.75 Å². The second-order valence-corrected chi connectivity index (χ2v) is 8.41. The largest absolute Gasteiger partial charge is 0.514 e. The predicted molar refractivity (Wildman–Crippen MR) is 111 cm³/mol. The fourth-order valence-electron chi connectivity index (χ4n) is 1.86. The number of rotatable bonds is 7. The summed E-state index contributed by atoms with van der Waals surface area (Å²) in [7, 11) is 0. The highest BCUT2D eigenvalue weighted by Crippen LogP contribution is 2.25. The highest BCUT2D eigenvalue weighted by molar-refractivity contribution is 6.17. The van der Waals surface area contributed by atoms with Crippen molar-refractivity contribution in [2.75, 3.05) is 12.5 Å². The van der Waals surface area contributed by atoms with E-state index in [0.29, 0.717) is 30.2 Å². The average Bonchev–Trinajstić information content (AvgIpc) is 2.53. The van der Waals surface area contributed by atoms with Crippen molar-refractivity contribution in [1.29, 1.82) is 0 Å². The summed E-state index contributed by atoms with van der Waals surface area (Å²) < 4.78 is 21.2. The van der Waals surface area contributed by atoms with Crippen LogP contribution in [0.2, 0.25) is 0 Å². The van der Waals surface area contributed by atoms with Crippen molar-refractivity contribution in [2.45, 2.75) is 59.2 Å². The number of halogens is 1. The molecule has 0 aliphatic rings. The number of benzene rings is 1. The van der Waals surface area contributed by atoms with Gasteiger partial charge in [-0.1, -0.05) is 0 Å². The molecular weight excluding hydrogens is 400 g/mol. The zero-order chi connectivity index (χ0) is 22.1. The number of nitrogens with zero attached hydrogens (tertiary/aromatic N) is 1. The molecule has 0 atom stereocenters. The normalized spacial score (nSPS) is 11.8. The van der Waals surface area contributed by atoms with Gasteiger partial charge in [0.2, 0.25) is 0 Å². The lowest BCUT2D eigenvalue weighted by Gasteiger charge is -2.19. The summed E-state index contributed by atoms with van der Waals surface area (Å²) in [4.78, 5) is 23.7. The fourth-order valence-corrected chi connectivity index (χ4v) is 1.97. The molecule has 8 nitrogen and oxygen atoms in total. The van der Waals surface area contributed by atoms with E-state index in [2.05, 4.69) is 10.5 Å². The number of hydrazone groups is 1. The van der Waals surface area contributed by atoms with Crippen LogP contribution in [-0.4, -0.2) is 42.2 Å². The topological polar surface area (TPSA) is 95.5 Å². The second-order valence-electron chi connectivity index (χ2n) is 8.03. The van der Waals surface area contributed by atoms with Gasteiger partial charge in [0.15, 0.2) is 0 Å². The van der Waals surface area contributed by atoms with Crippen molar-refractivity contribution in [2.24, 2.45) is 5.10 Å². The molecule has 0 bridgehead atoms. The van der Waals surface area contributed by atoms with E-state index < -0.39 is 23.5 Å². The maximum Gasteiger partial charge on any atom is 0.514 e. The van der Waals surface area contributed by atoms with E-state index in [0.717, 1.165) is 0 Å². The molecule has 0 heterocycles. The molecule has 0 saturated heterocycles. The minimum absolute atomic E-state index is 0.164. The number of hydrogen-bond donors (Lipinski definition) is 1. The van der Waals surface area contributed by atoms with Crippen LogP contribution < -0.4 is 14.9 Å². The molecule has 0 radical (unpaired) electrons. The lowest BCUT2D eigenvalue weighted by atomic mass is 10.2. The molecule has 1 N–H and O–H groups in total. The van der Waals surface area contributed by atoms with Gasteiger partial charge in [-0.15, -0.1) is 11.6 Å². The van der Waals surface area contributed by atoms with Crippen LogP contribution in [0.25, 0.3) is 0 Å². The van der Waals surface area contributed by atoms with Gasteiger partial charge in [0.25, 0.3) is 0 Å². The number of nitrogens with one attached hydrogen (secondary N) is 1. The third kappa shape index (κ3) is 11.2. The molecule has 29 heavy (non-hydrogen) atoms. The highest BCUT2D eigenvalue weighted by atomic mass is 35.5. The Bertz CT molecular complexity index is 723. The van der Waals surface area contributed by atoms with Crippen molar-refractivity contribution >= 4 is 30.1 Å². The van der Waals surface area contributed by atoms with Crippen molar-refractivity contribution in [3.8, 4) is 11.5 Å². The quantitative estimate of drug-likeness (QED) is 0.166. The molecule has 0 saturated carbocycles. The van der Waals surface area contributed by atoms with Crippen LogP contribution >= 0.6 is 11.6 Å². The molecule has 0 spiro atoms.